The molecule has 15 heavy (non-hydrogen) atoms. The molecule has 0 saturated heterocycles. The van der Waals surface area contributed by atoms with Gasteiger partial charge < -0.3 is 16.8 Å². The number of carbonyl (C=O) groups excluding carboxylic acids is 1. The van der Waals surface area contributed by atoms with Crippen molar-refractivity contribution in [3.8, 4) is 0 Å². The van der Waals surface area contributed by atoms with Crippen molar-refractivity contribution >= 4 is 29.1 Å². The lowest BCUT2D eigenvalue weighted by molar-refractivity contribution is -0.118. The number of nitrogens with zero attached hydrogens (tertiary/aromatic N) is 2. The van der Waals surface area contributed by atoms with E-state index < -0.39 is 5.91 Å². The predicted octanol–water partition coefficient (Wildman–Crippen LogP) is 0.388. The van der Waals surface area contributed by atoms with Gasteiger partial charge in [-0.2, -0.15) is 0 Å². The van der Waals surface area contributed by atoms with Gasteiger partial charge in [-0.25, -0.2) is 9.97 Å². The van der Waals surface area contributed by atoms with Gasteiger partial charge >= 0.3 is 0 Å². The largest absolute Gasteiger partial charge is 0.382 e. The average molecular weight is 230 g/mol. The molecule has 1 amide bonds. The summed E-state index contributed by atoms with van der Waals surface area (Å²) in [5, 5.41) is 3.16. The minimum atomic E-state index is -0.395. The lowest BCUT2D eigenvalue weighted by atomic mass is 10.2. The van der Waals surface area contributed by atoms with E-state index in [0.717, 1.165) is 0 Å². The van der Waals surface area contributed by atoms with Crippen LogP contribution in [-0.4, -0.2) is 21.9 Å². The molecule has 5 N–H and O–H groups in total. The van der Waals surface area contributed by atoms with Gasteiger partial charge in [0.05, 0.1) is 0 Å². The molecular formula is C8H12ClN5O. The molecule has 1 rings (SSSR count). The highest BCUT2D eigenvalue weighted by Gasteiger charge is 2.11. The van der Waals surface area contributed by atoms with Crippen molar-refractivity contribution in [3.05, 3.63) is 11.3 Å². The summed E-state index contributed by atoms with van der Waals surface area (Å²) >= 11 is 5.85. The molecule has 1 aromatic heterocycles. The number of nitrogen functional groups attached to an aromatic ring is 1. The Morgan fingerprint density at radius 1 is 1.67 bits per heavy atom. The fraction of sp³-hybridized carbons (Fsp3) is 0.375. The van der Waals surface area contributed by atoms with Crippen molar-refractivity contribution in [3.63, 3.8) is 0 Å². The third-order valence-electron chi connectivity index (χ3n) is 1.71. The Bertz CT molecular complexity index is 370. The summed E-state index contributed by atoms with van der Waals surface area (Å²) in [7, 11) is 0. The molecule has 0 bridgehead atoms. The van der Waals surface area contributed by atoms with Gasteiger partial charge in [0.25, 0.3) is 0 Å². The number of hydrogen-bond donors (Lipinski definition) is 3. The molecule has 1 heterocycles. The van der Waals surface area contributed by atoms with Crippen LogP contribution in [-0.2, 0) is 4.79 Å². The summed E-state index contributed by atoms with van der Waals surface area (Å²) in [6.45, 7) is 1.79. The molecule has 1 aromatic rings. The number of primary amides is 1. The van der Waals surface area contributed by atoms with Gasteiger partial charge in [-0.3, -0.25) is 4.79 Å². The van der Waals surface area contributed by atoms with Crippen molar-refractivity contribution in [1.29, 1.82) is 0 Å². The number of aromatic nitrogens is 2. The minimum absolute atomic E-state index is 0.158. The molecule has 0 fully saturated rings. The summed E-state index contributed by atoms with van der Waals surface area (Å²) in [5.74, 6) is 0.200. The van der Waals surface area contributed by atoms with Gasteiger partial charge in [-0.05, 0) is 6.92 Å². The second-order valence-electron chi connectivity index (χ2n) is 3.14. The van der Waals surface area contributed by atoms with E-state index in [4.69, 9.17) is 23.1 Å². The molecule has 1 unspecified atom stereocenters. The van der Waals surface area contributed by atoms with Crippen molar-refractivity contribution in [2.45, 2.75) is 19.4 Å². The summed E-state index contributed by atoms with van der Waals surface area (Å²) in [5.41, 5.74) is 10.5. The molecule has 0 spiro atoms. The van der Waals surface area contributed by atoms with Gasteiger partial charge in [0.2, 0.25) is 5.91 Å². The molecule has 1 atom stereocenters. The Hall–Kier alpha value is -1.56. The Morgan fingerprint density at radius 2 is 2.33 bits per heavy atom. The van der Waals surface area contributed by atoms with E-state index in [9.17, 15) is 4.79 Å². The van der Waals surface area contributed by atoms with E-state index in [1.807, 2.05) is 0 Å². The summed E-state index contributed by atoms with van der Waals surface area (Å²) < 4.78 is 0. The second-order valence-corrected chi connectivity index (χ2v) is 3.52. The zero-order valence-corrected chi connectivity index (χ0v) is 8.95. The number of halogens is 1. The first-order chi connectivity index (χ1) is 7.00. The number of carbonyl (C=O) groups is 1. The lowest BCUT2D eigenvalue weighted by Gasteiger charge is -2.13. The van der Waals surface area contributed by atoms with Crippen LogP contribution in [0.1, 0.15) is 13.3 Å². The number of rotatable bonds is 4. The molecule has 82 valence electrons. The van der Waals surface area contributed by atoms with Crippen molar-refractivity contribution in [2.75, 3.05) is 11.1 Å². The summed E-state index contributed by atoms with van der Waals surface area (Å²) in [4.78, 5) is 18.3. The van der Waals surface area contributed by atoms with Crippen LogP contribution in [0.5, 0.6) is 0 Å². The van der Waals surface area contributed by atoms with Gasteiger partial charge in [0.1, 0.15) is 17.2 Å². The van der Waals surface area contributed by atoms with Crippen molar-refractivity contribution < 1.29 is 4.79 Å². The second kappa shape index (κ2) is 4.79. The standard InChI is InChI=1S/C8H12ClN5O/c1-4(2-5(10)15)14-8-6(9)7(11)12-3-13-8/h3-4H,2H2,1H3,(H2,10,15)(H3,11,12,13,14). The Kier molecular flexibility index (Phi) is 3.68. The molecule has 6 nitrogen and oxygen atoms in total. The molecule has 0 radical (unpaired) electrons. The smallest absolute Gasteiger partial charge is 0.219 e. The van der Waals surface area contributed by atoms with Gasteiger partial charge in [-0.1, -0.05) is 11.6 Å². The quantitative estimate of drug-likeness (QED) is 0.692. The molecule has 0 aliphatic carbocycles. The van der Waals surface area contributed by atoms with Crippen LogP contribution >= 0.6 is 11.6 Å². The molecule has 0 saturated carbocycles. The average Bonchev–Trinajstić information content (AvgIpc) is 2.11. The highest BCUT2D eigenvalue weighted by atomic mass is 35.5. The Labute approximate surface area is 92.0 Å². The number of hydrogen-bond acceptors (Lipinski definition) is 5. The minimum Gasteiger partial charge on any atom is -0.382 e. The van der Waals surface area contributed by atoms with Crippen LogP contribution in [0.25, 0.3) is 0 Å². The maximum Gasteiger partial charge on any atom is 0.219 e. The van der Waals surface area contributed by atoms with Crippen LogP contribution < -0.4 is 16.8 Å². The van der Waals surface area contributed by atoms with E-state index in [2.05, 4.69) is 15.3 Å². The Morgan fingerprint density at radius 3 is 2.93 bits per heavy atom. The molecule has 0 aliphatic heterocycles. The highest BCUT2D eigenvalue weighted by Crippen LogP contribution is 2.23. The number of anilines is 2. The van der Waals surface area contributed by atoms with E-state index in [1.54, 1.807) is 6.92 Å². The zero-order chi connectivity index (χ0) is 11.4. The van der Waals surface area contributed by atoms with E-state index in [0.29, 0.717) is 5.82 Å². The molecule has 7 heteroatoms. The normalized spacial score (nSPS) is 12.1. The molecule has 0 aromatic carbocycles. The lowest BCUT2D eigenvalue weighted by Crippen LogP contribution is -2.24. The summed E-state index contributed by atoms with van der Waals surface area (Å²) in [6, 6.07) is -0.158. The first kappa shape index (κ1) is 11.5. The maximum atomic E-state index is 10.6. The first-order valence-electron chi connectivity index (χ1n) is 4.31. The fourth-order valence-corrected chi connectivity index (χ4v) is 1.22. The van der Waals surface area contributed by atoms with E-state index in [1.165, 1.54) is 6.33 Å². The SMILES string of the molecule is CC(CC(N)=O)Nc1ncnc(N)c1Cl. The van der Waals surface area contributed by atoms with Gasteiger partial charge in [0, 0.05) is 12.5 Å². The van der Waals surface area contributed by atoms with Crippen LogP contribution in [0.15, 0.2) is 6.33 Å². The third-order valence-corrected chi connectivity index (χ3v) is 2.08. The summed E-state index contributed by atoms with van der Waals surface area (Å²) in [6.07, 6.45) is 1.49. The molecule has 0 aliphatic rings. The number of amides is 1. The topological polar surface area (TPSA) is 107 Å². The molecular weight excluding hydrogens is 218 g/mol. The van der Waals surface area contributed by atoms with Gasteiger partial charge in [0.15, 0.2) is 5.82 Å². The van der Waals surface area contributed by atoms with Crippen molar-refractivity contribution in [2.24, 2.45) is 5.73 Å². The van der Waals surface area contributed by atoms with Crippen LogP contribution in [0, 0.1) is 0 Å². The van der Waals surface area contributed by atoms with Crippen LogP contribution in [0.3, 0.4) is 0 Å². The monoisotopic (exact) mass is 229 g/mol. The fourth-order valence-electron chi connectivity index (χ4n) is 1.07. The number of nitrogens with one attached hydrogen (secondary N) is 1. The maximum absolute atomic E-state index is 10.6. The van der Waals surface area contributed by atoms with Crippen LogP contribution in [0.4, 0.5) is 11.6 Å². The Balaban J connectivity index is 2.72. The third kappa shape index (κ3) is 3.25. The predicted molar refractivity (Wildman–Crippen MR) is 58.4 cm³/mol. The highest BCUT2D eigenvalue weighted by molar-refractivity contribution is 6.35. The van der Waals surface area contributed by atoms with Crippen LogP contribution in [0.2, 0.25) is 5.02 Å². The number of nitrogens with two attached hydrogens (primary N) is 2. The zero-order valence-electron chi connectivity index (χ0n) is 8.20. The van der Waals surface area contributed by atoms with E-state index >= 15 is 0 Å². The van der Waals surface area contributed by atoms with Crippen molar-refractivity contribution in [1.82, 2.24) is 9.97 Å². The van der Waals surface area contributed by atoms with Gasteiger partial charge in [-0.15, -0.1) is 0 Å². The first-order valence-corrected chi connectivity index (χ1v) is 4.69. The van der Waals surface area contributed by atoms with E-state index in [-0.39, 0.29) is 23.3 Å².